The third-order valence-corrected chi connectivity index (χ3v) is 3.06. The number of nitrogens with one attached hydrogen (secondary N) is 4. The minimum absolute atomic E-state index is 0.268. The van der Waals surface area contributed by atoms with Crippen molar-refractivity contribution < 1.29 is 23.9 Å². The molecule has 9 heteroatoms. The number of esters is 1. The quantitative estimate of drug-likeness (QED) is 0.566. The number of imide groups is 1. The Morgan fingerprint density at radius 3 is 2.24 bits per heavy atom. The number of hydrogen-bond donors (Lipinski definition) is 4. The summed E-state index contributed by atoms with van der Waals surface area (Å²) in [6, 6.07) is 6.50. The number of benzene rings is 1. The minimum Gasteiger partial charge on any atom is -0.454 e. The van der Waals surface area contributed by atoms with Gasteiger partial charge in [-0.05, 0) is 18.1 Å². The Hall–Kier alpha value is -3.10. The number of carbonyl (C=O) groups is 4. The summed E-state index contributed by atoms with van der Waals surface area (Å²) < 4.78 is 4.85. The molecule has 0 radical (unpaired) electrons. The lowest BCUT2D eigenvalue weighted by molar-refractivity contribution is -0.151. The van der Waals surface area contributed by atoms with Gasteiger partial charge in [-0.25, -0.2) is 14.4 Å². The Morgan fingerprint density at radius 1 is 1.04 bits per heavy atom. The van der Waals surface area contributed by atoms with E-state index >= 15 is 0 Å². The molecule has 25 heavy (non-hydrogen) atoms. The molecule has 1 atom stereocenters. The fourth-order valence-corrected chi connectivity index (χ4v) is 1.78. The number of anilines is 1. The summed E-state index contributed by atoms with van der Waals surface area (Å²) in [5, 5.41) is 9.25. The highest BCUT2D eigenvalue weighted by atomic mass is 16.5. The maximum atomic E-state index is 12.1. The zero-order chi connectivity index (χ0) is 18.8. The number of hydrogen-bond acceptors (Lipinski definition) is 5. The zero-order valence-corrected chi connectivity index (χ0v) is 14.3. The van der Waals surface area contributed by atoms with Crippen LogP contribution in [0.15, 0.2) is 30.3 Å². The molecule has 0 aliphatic carbocycles. The largest absolute Gasteiger partial charge is 0.454 e. The molecule has 0 aliphatic rings. The average molecular weight is 350 g/mol. The molecule has 1 rings (SSSR count). The summed E-state index contributed by atoms with van der Waals surface area (Å²) in [4.78, 5) is 46.5. The second-order valence-electron chi connectivity index (χ2n) is 5.42. The van der Waals surface area contributed by atoms with Crippen LogP contribution in [0.3, 0.4) is 0 Å². The summed E-state index contributed by atoms with van der Waals surface area (Å²) >= 11 is 0. The fourth-order valence-electron chi connectivity index (χ4n) is 1.78. The van der Waals surface area contributed by atoms with Gasteiger partial charge < -0.3 is 20.7 Å². The van der Waals surface area contributed by atoms with Gasteiger partial charge in [-0.3, -0.25) is 10.1 Å². The Kier molecular flexibility index (Phi) is 7.91. The van der Waals surface area contributed by atoms with E-state index in [1.165, 1.54) is 7.05 Å². The van der Waals surface area contributed by atoms with E-state index in [-0.39, 0.29) is 5.92 Å². The molecule has 1 aromatic rings. The van der Waals surface area contributed by atoms with E-state index in [1.54, 1.807) is 44.2 Å². The molecular formula is C16H22N4O5. The molecule has 0 spiro atoms. The first-order valence-electron chi connectivity index (χ1n) is 7.64. The Labute approximate surface area is 145 Å². The van der Waals surface area contributed by atoms with Crippen LogP contribution in [0, 0.1) is 5.92 Å². The smallest absolute Gasteiger partial charge is 0.329 e. The van der Waals surface area contributed by atoms with E-state index in [9.17, 15) is 19.2 Å². The van der Waals surface area contributed by atoms with Gasteiger partial charge in [0, 0.05) is 12.7 Å². The number of rotatable bonds is 6. The van der Waals surface area contributed by atoms with Crippen LogP contribution in [0.2, 0.25) is 0 Å². The predicted octanol–water partition coefficient (Wildman–Crippen LogP) is 0.831. The monoisotopic (exact) mass is 350 g/mol. The van der Waals surface area contributed by atoms with Crippen LogP contribution in [-0.4, -0.2) is 43.6 Å². The SMILES string of the molecule is CNC(=O)NC(=O)COC(=O)[C@@H](NC(=O)Nc1ccccc1)C(C)C. The molecule has 136 valence electrons. The van der Waals surface area contributed by atoms with Crippen LogP contribution in [0.1, 0.15) is 13.8 Å². The van der Waals surface area contributed by atoms with Crippen LogP contribution in [-0.2, 0) is 14.3 Å². The Morgan fingerprint density at radius 2 is 1.68 bits per heavy atom. The highest BCUT2D eigenvalue weighted by molar-refractivity contribution is 5.96. The number of ether oxygens (including phenoxy) is 1. The highest BCUT2D eigenvalue weighted by Crippen LogP contribution is 2.07. The third-order valence-electron chi connectivity index (χ3n) is 3.06. The first kappa shape index (κ1) is 19.9. The van der Waals surface area contributed by atoms with Gasteiger partial charge >= 0.3 is 18.0 Å². The van der Waals surface area contributed by atoms with Gasteiger partial charge in [-0.1, -0.05) is 32.0 Å². The minimum atomic E-state index is -0.948. The van der Waals surface area contributed by atoms with Crippen LogP contribution in [0.4, 0.5) is 15.3 Å². The first-order chi connectivity index (χ1) is 11.8. The molecular weight excluding hydrogens is 328 g/mol. The summed E-state index contributed by atoms with van der Waals surface area (Å²) in [6.07, 6.45) is 0. The normalized spacial score (nSPS) is 11.2. The average Bonchev–Trinajstić information content (AvgIpc) is 2.58. The van der Waals surface area contributed by atoms with Crippen molar-refractivity contribution >= 4 is 29.6 Å². The molecule has 0 aliphatic heterocycles. The van der Waals surface area contributed by atoms with E-state index in [4.69, 9.17) is 4.74 Å². The lowest BCUT2D eigenvalue weighted by atomic mass is 10.1. The van der Waals surface area contributed by atoms with Gasteiger partial charge in [0.05, 0.1) is 0 Å². The highest BCUT2D eigenvalue weighted by Gasteiger charge is 2.26. The Balaban J connectivity index is 2.54. The van der Waals surface area contributed by atoms with E-state index in [2.05, 4.69) is 16.0 Å². The maximum Gasteiger partial charge on any atom is 0.329 e. The van der Waals surface area contributed by atoms with E-state index in [1.807, 2.05) is 5.32 Å². The van der Waals surface area contributed by atoms with Gasteiger partial charge in [0.1, 0.15) is 6.04 Å². The van der Waals surface area contributed by atoms with Gasteiger partial charge in [-0.2, -0.15) is 0 Å². The maximum absolute atomic E-state index is 12.1. The molecule has 0 heterocycles. The molecule has 4 N–H and O–H groups in total. The second-order valence-corrected chi connectivity index (χ2v) is 5.42. The van der Waals surface area contributed by atoms with Crippen molar-refractivity contribution in [1.29, 1.82) is 0 Å². The Bertz CT molecular complexity index is 618. The summed E-state index contributed by atoms with van der Waals surface area (Å²) in [7, 11) is 1.35. The van der Waals surface area contributed by atoms with Crippen molar-refractivity contribution in [3.05, 3.63) is 30.3 Å². The van der Waals surface area contributed by atoms with Gasteiger partial charge in [0.2, 0.25) is 0 Å². The van der Waals surface area contributed by atoms with E-state index in [0.717, 1.165) is 0 Å². The second kappa shape index (κ2) is 9.91. The molecule has 0 saturated carbocycles. The summed E-state index contributed by atoms with van der Waals surface area (Å²) in [6.45, 7) is 2.82. The van der Waals surface area contributed by atoms with Crippen LogP contribution in [0.5, 0.6) is 0 Å². The summed E-state index contributed by atoms with van der Waals surface area (Å²) in [5.74, 6) is -1.81. The first-order valence-corrected chi connectivity index (χ1v) is 7.64. The van der Waals surface area contributed by atoms with Crippen molar-refractivity contribution in [3.8, 4) is 0 Å². The topological polar surface area (TPSA) is 126 Å². The third kappa shape index (κ3) is 7.34. The van der Waals surface area contributed by atoms with Crippen LogP contribution < -0.4 is 21.3 Å². The molecule has 0 unspecified atom stereocenters. The van der Waals surface area contributed by atoms with Gasteiger partial charge in [-0.15, -0.1) is 0 Å². The van der Waals surface area contributed by atoms with Crippen molar-refractivity contribution in [2.75, 3.05) is 19.0 Å². The number of para-hydroxylation sites is 1. The predicted molar refractivity (Wildman–Crippen MR) is 90.8 cm³/mol. The number of carbonyl (C=O) groups excluding carboxylic acids is 4. The zero-order valence-electron chi connectivity index (χ0n) is 14.3. The number of urea groups is 2. The molecule has 0 fully saturated rings. The molecule has 0 bridgehead atoms. The molecule has 1 aromatic carbocycles. The molecule has 5 amide bonds. The molecule has 0 aromatic heterocycles. The van der Waals surface area contributed by atoms with Crippen LogP contribution in [0.25, 0.3) is 0 Å². The fraction of sp³-hybridized carbons (Fsp3) is 0.375. The van der Waals surface area contributed by atoms with Crippen molar-refractivity contribution in [3.63, 3.8) is 0 Å². The van der Waals surface area contributed by atoms with Crippen molar-refractivity contribution in [2.24, 2.45) is 5.92 Å². The standard InChI is InChI=1S/C16H22N4O5/c1-10(2)13(14(22)25-9-12(21)19-15(23)17-3)20-16(24)18-11-7-5-4-6-8-11/h4-8,10,13H,9H2,1-3H3,(H2,18,20,24)(H2,17,19,21,23)/t13-/m0/s1. The lowest BCUT2D eigenvalue weighted by Gasteiger charge is -2.21. The van der Waals surface area contributed by atoms with Gasteiger partial charge in [0.25, 0.3) is 5.91 Å². The van der Waals surface area contributed by atoms with Gasteiger partial charge in [0.15, 0.2) is 6.61 Å². The molecule has 0 saturated heterocycles. The summed E-state index contributed by atoms with van der Waals surface area (Å²) in [5.41, 5.74) is 0.570. The van der Waals surface area contributed by atoms with E-state index in [0.29, 0.717) is 5.69 Å². The van der Waals surface area contributed by atoms with E-state index < -0.39 is 36.6 Å². The van der Waals surface area contributed by atoms with Crippen molar-refractivity contribution in [2.45, 2.75) is 19.9 Å². The number of amides is 5. The van der Waals surface area contributed by atoms with Crippen LogP contribution >= 0.6 is 0 Å². The molecule has 9 nitrogen and oxygen atoms in total. The van der Waals surface area contributed by atoms with Crippen molar-refractivity contribution in [1.82, 2.24) is 16.0 Å². The lowest BCUT2D eigenvalue weighted by Crippen LogP contribution is -2.48.